The van der Waals surface area contributed by atoms with Gasteiger partial charge < -0.3 is 9.47 Å². The van der Waals surface area contributed by atoms with Crippen molar-refractivity contribution < 1.29 is 19.1 Å². The summed E-state index contributed by atoms with van der Waals surface area (Å²) in [5.41, 5.74) is 5.64. The summed E-state index contributed by atoms with van der Waals surface area (Å²) in [5.74, 6) is 1.71. The zero-order valence-electron chi connectivity index (χ0n) is 36.0. The van der Waals surface area contributed by atoms with E-state index in [1.54, 1.807) is 0 Å². The summed E-state index contributed by atoms with van der Waals surface area (Å²) >= 11 is 3.85. The summed E-state index contributed by atoms with van der Waals surface area (Å²) in [6.07, 6.45) is 0. The molecule has 1 aliphatic rings. The van der Waals surface area contributed by atoms with Gasteiger partial charge in [0.05, 0.1) is 16.8 Å². The Balaban J connectivity index is 1.41. The first-order valence-electron chi connectivity index (χ1n) is 20.9. The zero-order valence-corrected chi connectivity index (χ0v) is 37.6. The third-order valence-corrected chi connectivity index (χ3v) is 12.9. The molecule has 0 saturated carbocycles. The summed E-state index contributed by atoms with van der Waals surface area (Å²) in [4.78, 5) is 32.3. The van der Waals surface area contributed by atoms with Gasteiger partial charge in [0, 0.05) is 26.0 Å². The number of rotatable bonds is 7. The third-order valence-electron chi connectivity index (χ3n) is 12.2. The lowest BCUT2D eigenvalue weighted by Gasteiger charge is -2.33. The standard InChI is InChI=1S/C54H50BrNO4/c1-29(2)35-13-11-14-36(30(3)4)50(35)56-51(57)40-27-43(59-33-21-17-31(18-22-33)53(5,6)7)47-38-16-12-15-37-42(55)26-25-39(45(37)38)48-44(28-41(52(56)58)46(40)49(47)48)60-34-23-19-32(20-24-34)54(8,9)10/h11-30H,1-10H3. The Bertz CT molecular complexity index is 2880. The quantitative estimate of drug-likeness (QED) is 0.0910. The first-order valence-corrected chi connectivity index (χ1v) is 21.7. The molecule has 9 rings (SSSR count). The maximum Gasteiger partial charge on any atom is 0.266 e. The van der Waals surface area contributed by atoms with Crippen LogP contribution < -0.4 is 14.4 Å². The van der Waals surface area contributed by atoms with Gasteiger partial charge in [0.1, 0.15) is 23.0 Å². The van der Waals surface area contributed by atoms with Gasteiger partial charge in [0.2, 0.25) is 0 Å². The van der Waals surface area contributed by atoms with Crippen LogP contribution in [0.15, 0.2) is 114 Å². The van der Waals surface area contributed by atoms with Crippen molar-refractivity contribution >= 4 is 76.5 Å². The number of fused-ring (bicyclic) bond motifs is 2. The van der Waals surface area contributed by atoms with Crippen molar-refractivity contribution in [1.29, 1.82) is 0 Å². The number of halogens is 1. The predicted octanol–water partition coefficient (Wildman–Crippen LogP) is 15.7. The highest BCUT2D eigenvalue weighted by Crippen LogP contribution is 2.53. The SMILES string of the molecule is CC(C)c1cccc(C(C)C)c1N1C(=O)c2cc(Oc3ccc(C(C)(C)C)cc3)c3c4cccc5c(Br)ccc(c6c(Oc7ccc(C(C)(C)C)cc7)cc(c2c36)C1=O)c54. The molecule has 0 aromatic heterocycles. The number of hydrogen-bond acceptors (Lipinski definition) is 4. The Morgan fingerprint density at radius 3 is 1.38 bits per heavy atom. The number of hydrogen-bond donors (Lipinski definition) is 0. The number of nitrogens with zero attached hydrogens (tertiary/aromatic N) is 1. The van der Waals surface area contributed by atoms with Crippen LogP contribution in [0.2, 0.25) is 0 Å². The number of para-hydroxylation sites is 1. The van der Waals surface area contributed by atoms with Crippen molar-refractivity contribution in [1.82, 2.24) is 0 Å². The number of ether oxygens (including phenoxy) is 2. The van der Waals surface area contributed by atoms with E-state index in [1.807, 2.05) is 54.6 Å². The lowest BCUT2D eigenvalue weighted by atomic mass is 9.83. The molecular formula is C54H50BrNO4. The lowest BCUT2D eigenvalue weighted by molar-refractivity contribution is 0.0892. The maximum atomic E-state index is 15.4. The minimum atomic E-state index is -0.376. The summed E-state index contributed by atoms with van der Waals surface area (Å²) in [6, 6.07) is 36.6. The summed E-state index contributed by atoms with van der Waals surface area (Å²) in [6.45, 7) is 21.6. The van der Waals surface area contributed by atoms with E-state index in [0.717, 1.165) is 53.3 Å². The molecule has 8 aromatic carbocycles. The Morgan fingerprint density at radius 2 is 0.933 bits per heavy atom. The summed E-state index contributed by atoms with van der Waals surface area (Å²) in [5, 5.41) is 6.98. The predicted molar refractivity (Wildman–Crippen MR) is 252 cm³/mol. The smallest absolute Gasteiger partial charge is 0.266 e. The number of imide groups is 1. The monoisotopic (exact) mass is 855 g/mol. The number of benzene rings is 8. The minimum Gasteiger partial charge on any atom is -0.457 e. The number of anilines is 1. The van der Waals surface area contributed by atoms with Crippen molar-refractivity contribution in [3.8, 4) is 23.0 Å². The highest BCUT2D eigenvalue weighted by atomic mass is 79.9. The second-order valence-electron chi connectivity index (χ2n) is 19.0. The van der Waals surface area contributed by atoms with Crippen LogP contribution in [-0.2, 0) is 10.8 Å². The van der Waals surface area contributed by atoms with E-state index in [0.29, 0.717) is 45.2 Å². The van der Waals surface area contributed by atoms with Gasteiger partial charge in [-0.2, -0.15) is 0 Å². The topological polar surface area (TPSA) is 55.8 Å². The first-order chi connectivity index (χ1) is 28.4. The van der Waals surface area contributed by atoms with E-state index in [2.05, 4.69) is 140 Å². The first kappa shape index (κ1) is 39.7. The van der Waals surface area contributed by atoms with Crippen LogP contribution in [0.5, 0.6) is 23.0 Å². The highest BCUT2D eigenvalue weighted by molar-refractivity contribution is 9.10. The fourth-order valence-electron chi connectivity index (χ4n) is 9.01. The average Bonchev–Trinajstić information content (AvgIpc) is 3.20. The molecule has 1 heterocycles. The van der Waals surface area contributed by atoms with Crippen molar-refractivity contribution in [2.75, 3.05) is 4.90 Å². The van der Waals surface area contributed by atoms with Gasteiger partial charge in [-0.25, -0.2) is 4.90 Å². The molecule has 0 radical (unpaired) electrons. The molecule has 0 bridgehead atoms. The second kappa shape index (κ2) is 14.2. The van der Waals surface area contributed by atoms with Crippen molar-refractivity contribution in [2.24, 2.45) is 0 Å². The molecule has 0 saturated heterocycles. The highest BCUT2D eigenvalue weighted by Gasteiger charge is 2.40. The summed E-state index contributed by atoms with van der Waals surface area (Å²) in [7, 11) is 0. The van der Waals surface area contributed by atoms with Gasteiger partial charge in [-0.3, -0.25) is 9.59 Å². The molecule has 8 aromatic rings. The van der Waals surface area contributed by atoms with Gasteiger partial charge in [-0.1, -0.05) is 152 Å². The molecule has 0 N–H and O–H groups in total. The van der Waals surface area contributed by atoms with Gasteiger partial charge in [-0.05, 0) is 109 Å². The molecule has 0 unspecified atom stereocenters. The van der Waals surface area contributed by atoms with Crippen LogP contribution in [-0.4, -0.2) is 11.8 Å². The normalized spacial score (nSPS) is 13.6. The lowest BCUT2D eigenvalue weighted by Crippen LogP contribution is -2.42. The molecule has 5 nitrogen and oxygen atoms in total. The molecule has 1 aliphatic heterocycles. The molecule has 0 aliphatic carbocycles. The van der Waals surface area contributed by atoms with Crippen LogP contribution >= 0.6 is 15.9 Å². The van der Waals surface area contributed by atoms with E-state index in [-0.39, 0.29) is 34.5 Å². The van der Waals surface area contributed by atoms with E-state index < -0.39 is 0 Å². The molecule has 2 amide bonds. The van der Waals surface area contributed by atoms with Crippen LogP contribution in [0.3, 0.4) is 0 Å². The fraction of sp³-hybridized carbons (Fsp3) is 0.259. The Labute approximate surface area is 360 Å². The summed E-state index contributed by atoms with van der Waals surface area (Å²) < 4.78 is 14.9. The van der Waals surface area contributed by atoms with E-state index in [1.165, 1.54) is 16.0 Å². The third kappa shape index (κ3) is 6.34. The Hall–Kier alpha value is -5.72. The van der Waals surface area contributed by atoms with E-state index >= 15 is 9.59 Å². The molecule has 302 valence electrons. The van der Waals surface area contributed by atoms with Crippen LogP contribution in [0, 0.1) is 0 Å². The molecule has 0 atom stereocenters. The van der Waals surface area contributed by atoms with Gasteiger partial charge in [0.25, 0.3) is 11.8 Å². The zero-order chi connectivity index (χ0) is 42.6. The molecule has 60 heavy (non-hydrogen) atoms. The molecule has 0 fully saturated rings. The number of carbonyl (C=O) groups is 2. The van der Waals surface area contributed by atoms with Crippen LogP contribution in [0.1, 0.15) is 124 Å². The second-order valence-corrected chi connectivity index (χ2v) is 19.8. The van der Waals surface area contributed by atoms with E-state index in [9.17, 15) is 0 Å². The van der Waals surface area contributed by atoms with Gasteiger partial charge in [0.15, 0.2) is 0 Å². The van der Waals surface area contributed by atoms with Crippen molar-refractivity contribution in [3.63, 3.8) is 0 Å². The number of carbonyl (C=O) groups excluding carboxylic acids is 2. The molecule has 0 spiro atoms. The van der Waals surface area contributed by atoms with Crippen LogP contribution in [0.25, 0.3) is 43.1 Å². The minimum absolute atomic E-state index is 0.0390. The van der Waals surface area contributed by atoms with Gasteiger partial charge in [-0.15, -0.1) is 0 Å². The number of amides is 2. The largest absolute Gasteiger partial charge is 0.457 e. The maximum absolute atomic E-state index is 15.4. The Kier molecular flexibility index (Phi) is 9.40. The molecular weight excluding hydrogens is 807 g/mol. The Morgan fingerprint density at radius 1 is 0.500 bits per heavy atom. The van der Waals surface area contributed by atoms with Crippen molar-refractivity contribution in [3.05, 3.63) is 147 Å². The van der Waals surface area contributed by atoms with Gasteiger partial charge >= 0.3 is 0 Å². The average molecular weight is 857 g/mol. The van der Waals surface area contributed by atoms with Crippen LogP contribution in [0.4, 0.5) is 5.69 Å². The fourth-order valence-corrected chi connectivity index (χ4v) is 9.48. The molecule has 6 heteroatoms. The van der Waals surface area contributed by atoms with Crippen molar-refractivity contribution in [2.45, 2.75) is 91.9 Å². The van der Waals surface area contributed by atoms with E-state index in [4.69, 9.17) is 9.47 Å².